The summed E-state index contributed by atoms with van der Waals surface area (Å²) in [6, 6.07) is 4.96. The molecule has 1 unspecified atom stereocenters. The van der Waals surface area contributed by atoms with Crippen LogP contribution in [0.5, 0.6) is 5.75 Å². The zero-order valence-corrected chi connectivity index (χ0v) is 10.2. The Morgan fingerprint density at radius 1 is 1.40 bits per heavy atom. The highest BCUT2D eigenvalue weighted by Gasteiger charge is 2.31. The molecule has 108 valence electrons. The average molecular weight is 288 g/mol. The number of alkyl halides is 3. The van der Waals surface area contributed by atoms with Gasteiger partial charge in [-0.25, -0.2) is 0 Å². The number of hydrogen-bond donors (Lipinski definition) is 2. The van der Waals surface area contributed by atoms with E-state index in [1.807, 2.05) is 0 Å². The van der Waals surface area contributed by atoms with Crippen molar-refractivity contribution in [2.45, 2.75) is 12.8 Å². The Bertz CT molecular complexity index is 531. The number of nitrogens with one attached hydrogen (secondary N) is 2. The Labute approximate surface area is 112 Å². The largest absolute Gasteiger partial charge is 0.573 e. The zero-order valence-electron chi connectivity index (χ0n) is 10.2. The maximum Gasteiger partial charge on any atom is 0.573 e. The number of carbonyl (C=O) groups is 2. The molecule has 0 radical (unpaired) electrons. The van der Waals surface area contributed by atoms with Gasteiger partial charge in [0.05, 0.1) is 5.92 Å². The number of anilines is 1. The van der Waals surface area contributed by atoms with Crippen molar-refractivity contribution in [3.05, 3.63) is 24.3 Å². The van der Waals surface area contributed by atoms with Crippen LogP contribution >= 0.6 is 0 Å². The standard InChI is InChI=1S/C12H11F3N2O3/c13-12(14,15)20-9-3-1-2-8(5-9)17-11(19)7-4-10(18)16-6-7/h1-3,5,7H,4,6H2,(H,16,18)(H,17,19). The topological polar surface area (TPSA) is 67.4 Å². The second-order valence-electron chi connectivity index (χ2n) is 4.27. The van der Waals surface area contributed by atoms with Crippen molar-refractivity contribution in [3.8, 4) is 5.75 Å². The third-order valence-electron chi connectivity index (χ3n) is 2.68. The van der Waals surface area contributed by atoms with Gasteiger partial charge in [0.15, 0.2) is 0 Å². The van der Waals surface area contributed by atoms with Crippen molar-refractivity contribution in [1.29, 1.82) is 0 Å². The number of amides is 2. The molecular formula is C12H11F3N2O3. The van der Waals surface area contributed by atoms with Gasteiger partial charge in [-0.1, -0.05) is 6.07 Å². The predicted octanol–water partition coefficient (Wildman–Crippen LogP) is 1.66. The van der Waals surface area contributed by atoms with Crippen LogP contribution in [0.3, 0.4) is 0 Å². The molecule has 0 aromatic heterocycles. The molecule has 0 saturated carbocycles. The molecule has 0 bridgehead atoms. The summed E-state index contributed by atoms with van der Waals surface area (Å²) in [5.74, 6) is -1.59. The maximum atomic E-state index is 12.1. The van der Waals surface area contributed by atoms with Gasteiger partial charge in [-0.2, -0.15) is 0 Å². The number of carbonyl (C=O) groups excluding carboxylic acids is 2. The summed E-state index contributed by atoms with van der Waals surface area (Å²) in [6.45, 7) is 0.226. The van der Waals surface area contributed by atoms with Crippen LogP contribution < -0.4 is 15.4 Å². The van der Waals surface area contributed by atoms with Crippen LogP contribution in [0.1, 0.15) is 6.42 Å². The van der Waals surface area contributed by atoms with Crippen LogP contribution in [0.4, 0.5) is 18.9 Å². The van der Waals surface area contributed by atoms with Gasteiger partial charge in [0.1, 0.15) is 5.75 Å². The van der Waals surface area contributed by atoms with Gasteiger partial charge in [0.25, 0.3) is 0 Å². The van der Waals surface area contributed by atoms with Crippen LogP contribution in [0, 0.1) is 5.92 Å². The normalized spacial score (nSPS) is 18.6. The van der Waals surface area contributed by atoms with E-state index in [1.165, 1.54) is 12.1 Å². The van der Waals surface area contributed by atoms with E-state index in [1.54, 1.807) is 0 Å². The lowest BCUT2D eigenvalue weighted by molar-refractivity contribution is -0.274. The maximum absolute atomic E-state index is 12.1. The van der Waals surface area contributed by atoms with Gasteiger partial charge in [-0.15, -0.1) is 13.2 Å². The highest BCUT2D eigenvalue weighted by molar-refractivity contribution is 5.97. The van der Waals surface area contributed by atoms with Crippen molar-refractivity contribution >= 4 is 17.5 Å². The monoisotopic (exact) mass is 288 g/mol. The first-order valence-electron chi connectivity index (χ1n) is 5.77. The van der Waals surface area contributed by atoms with E-state index in [4.69, 9.17) is 0 Å². The smallest absolute Gasteiger partial charge is 0.406 e. The van der Waals surface area contributed by atoms with E-state index < -0.39 is 23.9 Å². The number of halogens is 3. The molecule has 1 aliphatic heterocycles. The van der Waals surface area contributed by atoms with Crippen molar-refractivity contribution in [3.63, 3.8) is 0 Å². The lowest BCUT2D eigenvalue weighted by atomic mass is 10.1. The molecule has 2 N–H and O–H groups in total. The molecule has 2 rings (SSSR count). The first-order chi connectivity index (χ1) is 9.33. The Kier molecular flexibility index (Phi) is 3.82. The molecular weight excluding hydrogens is 277 g/mol. The average Bonchev–Trinajstić information content (AvgIpc) is 2.74. The highest BCUT2D eigenvalue weighted by Crippen LogP contribution is 2.25. The summed E-state index contributed by atoms with van der Waals surface area (Å²) in [5.41, 5.74) is 0.177. The molecule has 1 heterocycles. The summed E-state index contributed by atoms with van der Waals surface area (Å²) >= 11 is 0. The molecule has 1 aromatic rings. The minimum absolute atomic E-state index is 0.0740. The summed E-state index contributed by atoms with van der Waals surface area (Å²) in [5, 5.41) is 4.96. The van der Waals surface area contributed by atoms with Crippen molar-refractivity contribution < 1.29 is 27.5 Å². The number of benzene rings is 1. The van der Waals surface area contributed by atoms with Gasteiger partial charge in [0.2, 0.25) is 11.8 Å². The number of ether oxygens (including phenoxy) is 1. The van der Waals surface area contributed by atoms with Gasteiger partial charge >= 0.3 is 6.36 Å². The zero-order chi connectivity index (χ0) is 14.8. The third-order valence-corrected chi connectivity index (χ3v) is 2.68. The molecule has 0 spiro atoms. The second kappa shape index (κ2) is 5.40. The van der Waals surface area contributed by atoms with E-state index in [9.17, 15) is 22.8 Å². The van der Waals surface area contributed by atoms with Gasteiger partial charge in [0, 0.05) is 24.7 Å². The number of rotatable bonds is 3. The molecule has 1 atom stereocenters. The van der Waals surface area contributed by atoms with Crippen LogP contribution in [-0.4, -0.2) is 24.7 Å². The molecule has 1 aromatic carbocycles. The van der Waals surface area contributed by atoms with Gasteiger partial charge < -0.3 is 15.4 Å². The summed E-state index contributed by atoms with van der Waals surface area (Å²) in [4.78, 5) is 22.8. The lowest BCUT2D eigenvalue weighted by Crippen LogP contribution is -2.24. The Morgan fingerprint density at radius 3 is 2.75 bits per heavy atom. The SMILES string of the molecule is O=C1CC(C(=O)Nc2cccc(OC(F)(F)F)c2)CN1. The number of hydrogen-bond acceptors (Lipinski definition) is 3. The van der Waals surface area contributed by atoms with Crippen molar-refractivity contribution in [2.75, 3.05) is 11.9 Å². The third kappa shape index (κ3) is 3.87. The Morgan fingerprint density at radius 2 is 2.15 bits per heavy atom. The fourth-order valence-corrected chi connectivity index (χ4v) is 1.81. The first-order valence-corrected chi connectivity index (χ1v) is 5.77. The fraction of sp³-hybridized carbons (Fsp3) is 0.333. The molecule has 1 saturated heterocycles. The van der Waals surface area contributed by atoms with Gasteiger partial charge in [-0.05, 0) is 12.1 Å². The van der Waals surface area contributed by atoms with E-state index in [2.05, 4.69) is 15.4 Å². The first kappa shape index (κ1) is 14.2. The van der Waals surface area contributed by atoms with Crippen molar-refractivity contribution in [1.82, 2.24) is 5.32 Å². The molecule has 2 amide bonds. The fourth-order valence-electron chi connectivity index (χ4n) is 1.81. The molecule has 1 aliphatic rings. The minimum Gasteiger partial charge on any atom is -0.406 e. The van der Waals surface area contributed by atoms with Crippen LogP contribution in [0.15, 0.2) is 24.3 Å². The Hall–Kier alpha value is -2.25. The highest BCUT2D eigenvalue weighted by atomic mass is 19.4. The van der Waals surface area contributed by atoms with Crippen LogP contribution in [0.25, 0.3) is 0 Å². The quantitative estimate of drug-likeness (QED) is 0.889. The summed E-state index contributed by atoms with van der Waals surface area (Å²) in [7, 11) is 0. The lowest BCUT2D eigenvalue weighted by Gasteiger charge is -2.12. The van der Waals surface area contributed by atoms with Crippen LogP contribution in [0.2, 0.25) is 0 Å². The van der Waals surface area contributed by atoms with Crippen molar-refractivity contribution in [2.24, 2.45) is 5.92 Å². The molecule has 5 nitrogen and oxygen atoms in total. The van der Waals surface area contributed by atoms with Gasteiger partial charge in [-0.3, -0.25) is 9.59 Å². The summed E-state index contributed by atoms with van der Waals surface area (Å²) in [6.07, 6.45) is -4.71. The minimum atomic E-state index is -4.79. The Balaban J connectivity index is 2.01. The molecule has 0 aliphatic carbocycles. The van der Waals surface area contributed by atoms with E-state index in [0.29, 0.717) is 0 Å². The molecule has 20 heavy (non-hydrogen) atoms. The molecule has 1 fully saturated rings. The van der Waals surface area contributed by atoms with Crippen LogP contribution in [-0.2, 0) is 9.59 Å². The van der Waals surface area contributed by atoms with E-state index in [-0.39, 0.29) is 24.6 Å². The second-order valence-corrected chi connectivity index (χ2v) is 4.27. The summed E-state index contributed by atoms with van der Waals surface area (Å²) < 4.78 is 40.0. The molecule has 8 heteroatoms. The van der Waals surface area contributed by atoms with E-state index >= 15 is 0 Å². The predicted molar refractivity (Wildman–Crippen MR) is 62.9 cm³/mol. The van der Waals surface area contributed by atoms with E-state index in [0.717, 1.165) is 12.1 Å².